The van der Waals surface area contributed by atoms with Crippen molar-refractivity contribution >= 4 is 11.6 Å². The Balaban J connectivity index is 1.88. The topological polar surface area (TPSA) is 12.5 Å². The number of hydrogen-bond donors (Lipinski definition) is 0. The van der Waals surface area contributed by atoms with Crippen LogP contribution >= 0.6 is 11.6 Å². The maximum Gasteiger partial charge on any atom is 0.0593 e. The third kappa shape index (κ3) is 5.84. The molecule has 1 rings (SSSR count). The van der Waals surface area contributed by atoms with E-state index in [0.717, 1.165) is 38.1 Å². The molecule has 1 atom stereocenters. The SMILES string of the molecule is CC(CCl)CN(C)CCOCC1CC1. The Labute approximate surface area is 92.6 Å². The molecule has 1 aliphatic carbocycles. The lowest BCUT2D eigenvalue weighted by molar-refractivity contribution is 0.101. The molecule has 1 aliphatic rings. The van der Waals surface area contributed by atoms with Crippen LogP contribution in [-0.4, -0.2) is 44.1 Å². The summed E-state index contributed by atoms with van der Waals surface area (Å²) in [4.78, 5) is 2.29. The summed E-state index contributed by atoms with van der Waals surface area (Å²) in [6.45, 7) is 6.10. The van der Waals surface area contributed by atoms with Gasteiger partial charge in [0.2, 0.25) is 0 Å². The van der Waals surface area contributed by atoms with Gasteiger partial charge in [0.15, 0.2) is 0 Å². The van der Waals surface area contributed by atoms with Gasteiger partial charge in [-0.3, -0.25) is 0 Å². The molecule has 0 bridgehead atoms. The van der Waals surface area contributed by atoms with Crippen molar-refractivity contribution in [3.63, 3.8) is 0 Å². The number of alkyl halides is 1. The Morgan fingerprint density at radius 1 is 1.50 bits per heavy atom. The maximum atomic E-state index is 5.75. The molecular formula is C11H22ClNO. The molecule has 2 nitrogen and oxygen atoms in total. The molecule has 0 aromatic carbocycles. The van der Waals surface area contributed by atoms with Crippen LogP contribution in [0.3, 0.4) is 0 Å². The zero-order valence-electron chi connectivity index (χ0n) is 9.34. The Morgan fingerprint density at radius 2 is 2.21 bits per heavy atom. The predicted octanol–water partition coefficient (Wildman–Crippen LogP) is 2.22. The Kier molecular flexibility index (Phi) is 5.83. The van der Waals surface area contributed by atoms with Crippen molar-refractivity contribution in [2.75, 3.05) is 39.2 Å². The monoisotopic (exact) mass is 219 g/mol. The van der Waals surface area contributed by atoms with E-state index in [1.165, 1.54) is 12.8 Å². The first-order valence-corrected chi connectivity index (χ1v) is 6.08. The minimum atomic E-state index is 0.574. The van der Waals surface area contributed by atoms with Gasteiger partial charge in [-0.25, -0.2) is 0 Å². The summed E-state index contributed by atoms with van der Waals surface area (Å²) in [6, 6.07) is 0. The molecule has 0 spiro atoms. The van der Waals surface area contributed by atoms with E-state index in [-0.39, 0.29) is 0 Å². The van der Waals surface area contributed by atoms with Crippen LogP contribution < -0.4 is 0 Å². The maximum absolute atomic E-state index is 5.75. The van der Waals surface area contributed by atoms with Gasteiger partial charge in [0.1, 0.15) is 0 Å². The molecule has 0 N–H and O–H groups in total. The second-order valence-corrected chi connectivity index (χ2v) is 4.85. The molecule has 0 aromatic rings. The molecule has 14 heavy (non-hydrogen) atoms. The molecule has 0 amide bonds. The van der Waals surface area contributed by atoms with Crippen LogP contribution in [0.15, 0.2) is 0 Å². The third-order valence-corrected chi connectivity index (χ3v) is 3.08. The highest BCUT2D eigenvalue weighted by atomic mass is 35.5. The molecule has 1 unspecified atom stereocenters. The lowest BCUT2D eigenvalue weighted by Crippen LogP contribution is -2.28. The fourth-order valence-corrected chi connectivity index (χ4v) is 1.52. The second kappa shape index (κ2) is 6.65. The van der Waals surface area contributed by atoms with Gasteiger partial charge in [-0.15, -0.1) is 11.6 Å². The summed E-state index contributed by atoms with van der Waals surface area (Å²) in [5.74, 6) is 2.19. The van der Waals surface area contributed by atoms with Gasteiger partial charge in [-0.2, -0.15) is 0 Å². The molecule has 0 aromatic heterocycles. The van der Waals surface area contributed by atoms with Crippen LogP contribution in [0.4, 0.5) is 0 Å². The fourth-order valence-electron chi connectivity index (χ4n) is 1.43. The quantitative estimate of drug-likeness (QED) is 0.459. The van der Waals surface area contributed by atoms with Crippen molar-refractivity contribution in [3.8, 4) is 0 Å². The summed E-state index contributed by atoms with van der Waals surface area (Å²) >= 11 is 5.75. The van der Waals surface area contributed by atoms with E-state index in [1.807, 2.05) is 0 Å². The molecule has 1 fully saturated rings. The number of hydrogen-bond acceptors (Lipinski definition) is 2. The molecule has 0 heterocycles. The van der Waals surface area contributed by atoms with Crippen molar-refractivity contribution in [1.82, 2.24) is 4.90 Å². The smallest absolute Gasteiger partial charge is 0.0593 e. The van der Waals surface area contributed by atoms with Gasteiger partial charge in [0, 0.05) is 25.6 Å². The third-order valence-electron chi connectivity index (χ3n) is 2.55. The van der Waals surface area contributed by atoms with E-state index in [0.29, 0.717) is 5.92 Å². The van der Waals surface area contributed by atoms with Crippen molar-refractivity contribution in [1.29, 1.82) is 0 Å². The first kappa shape index (κ1) is 12.3. The van der Waals surface area contributed by atoms with E-state index in [2.05, 4.69) is 18.9 Å². The van der Waals surface area contributed by atoms with Crippen LogP contribution in [0.5, 0.6) is 0 Å². The lowest BCUT2D eigenvalue weighted by atomic mass is 10.2. The Bertz CT molecular complexity index is 150. The summed E-state index contributed by atoms with van der Waals surface area (Å²) in [5, 5.41) is 0. The molecule has 3 heteroatoms. The summed E-state index contributed by atoms with van der Waals surface area (Å²) in [7, 11) is 2.13. The van der Waals surface area contributed by atoms with Gasteiger partial charge in [-0.1, -0.05) is 6.92 Å². The zero-order valence-corrected chi connectivity index (χ0v) is 10.1. The number of likely N-dealkylation sites (N-methyl/N-ethyl adjacent to an activating group) is 1. The highest BCUT2D eigenvalue weighted by molar-refractivity contribution is 6.18. The number of ether oxygens (including phenoxy) is 1. The van der Waals surface area contributed by atoms with Crippen molar-refractivity contribution in [2.45, 2.75) is 19.8 Å². The second-order valence-electron chi connectivity index (χ2n) is 4.54. The predicted molar refractivity (Wildman–Crippen MR) is 60.9 cm³/mol. The lowest BCUT2D eigenvalue weighted by Gasteiger charge is -2.19. The Morgan fingerprint density at radius 3 is 2.79 bits per heavy atom. The normalized spacial score (nSPS) is 18.9. The number of nitrogens with zero attached hydrogens (tertiary/aromatic N) is 1. The van der Waals surface area contributed by atoms with Crippen LogP contribution in [0.25, 0.3) is 0 Å². The largest absolute Gasteiger partial charge is 0.380 e. The van der Waals surface area contributed by atoms with Crippen molar-refractivity contribution in [2.24, 2.45) is 11.8 Å². The average molecular weight is 220 g/mol. The van der Waals surface area contributed by atoms with Crippen LogP contribution in [0.2, 0.25) is 0 Å². The van der Waals surface area contributed by atoms with Gasteiger partial charge in [0.05, 0.1) is 6.61 Å². The first-order valence-electron chi connectivity index (χ1n) is 5.54. The summed E-state index contributed by atoms with van der Waals surface area (Å²) < 4.78 is 5.57. The standard InChI is InChI=1S/C11H22ClNO/c1-10(7-12)8-13(2)5-6-14-9-11-3-4-11/h10-11H,3-9H2,1-2H3. The summed E-state index contributed by atoms with van der Waals surface area (Å²) in [5.41, 5.74) is 0. The summed E-state index contributed by atoms with van der Waals surface area (Å²) in [6.07, 6.45) is 2.75. The minimum Gasteiger partial charge on any atom is -0.380 e. The molecule has 84 valence electrons. The van der Waals surface area contributed by atoms with Gasteiger partial charge in [0.25, 0.3) is 0 Å². The van der Waals surface area contributed by atoms with Crippen LogP contribution in [0, 0.1) is 11.8 Å². The van der Waals surface area contributed by atoms with E-state index in [1.54, 1.807) is 0 Å². The molecule has 1 saturated carbocycles. The highest BCUT2D eigenvalue weighted by Crippen LogP contribution is 2.28. The van der Waals surface area contributed by atoms with E-state index < -0.39 is 0 Å². The Hall–Kier alpha value is 0.210. The van der Waals surface area contributed by atoms with E-state index >= 15 is 0 Å². The van der Waals surface area contributed by atoms with Crippen LogP contribution in [-0.2, 0) is 4.74 Å². The number of rotatable bonds is 8. The van der Waals surface area contributed by atoms with Crippen molar-refractivity contribution in [3.05, 3.63) is 0 Å². The minimum absolute atomic E-state index is 0.574. The van der Waals surface area contributed by atoms with E-state index in [4.69, 9.17) is 16.3 Å². The fraction of sp³-hybridized carbons (Fsp3) is 1.00. The zero-order chi connectivity index (χ0) is 10.4. The van der Waals surface area contributed by atoms with Gasteiger partial charge >= 0.3 is 0 Å². The molecule has 0 radical (unpaired) electrons. The first-order chi connectivity index (χ1) is 6.72. The van der Waals surface area contributed by atoms with E-state index in [9.17, 15) is 0 Å². The molecule has 0 saturated heterocycles. The van der Waals surface area contributed by atoms with Crippen LogP contribution in [0.1, 0.15) is 19.8 Å². The highest BCUT2D eigenvalue weighted by Gasteiger charge is 2.20. The van der Waals surface area contributed by atoms with Gasteiger partial charge in [-0.05, 0) is 31.7 Å². The van der Waals surface area contributed by atoms with Crippen molar-refractivity contribution < 1.29 is 4.74 Å². The average Bonchev–Trinajstić information content (AvgIpc) is 2.96. The number of halogens is 1. The molecular weight excluding hydrogens is 198 g/mol. The molecule has 0 aliphatic heterocycles. The van der Waals surface area contributed by atoms with Gasteiger partial charge < -0.3 is 9.64 Å².